The van der Waals surface area contributed by atoms with Crippen molar-refractivity contribution in [3.63, 3.8) is 0 Å². The second-order valence-corrected chi connectivity index (χ2v) is 5.65. The maximum absolute atomic E-state index is 11.7. The molecule has 1 amide bonds. The number of hydrogen-bond acceptors (Lipinski definition) is 7. The Labute approximate surface area is 127 Å². The van der Waals surface area contributed by atoms with Gasteiger partial charge in [0.05, 0.1) is 5.69 Å². The van der Waals surface area contributed by atoms with Crippen molar-refractivity contribution in [2.24, 2.45) is 0 Å². The van der Waals surface area contributed by atoms with Gasteiger partial charge in [-0.15, -0.1) is 0 Å². The van der Waals surface area contributed by atoms with Gasteiger partial charge in [0, 0.05) is 11.5 Å². The minimum Gasteiger partial charge on any atom is -0.493 e. The molecule has 0 aromatic carbocycles. The molecule has 0 bridgehead atoms. The Bertz CT molecular complexity index is 584. The van der Waals surface area contributed by atoms with Gasteiger partial charge in [0.2, 0.25) is 11.6 Å². The van der Waals surface area contributed by atoms with Crippen molar-refractivity contribution in [1.82, 2.24) is 5.16 Å². The molecule has 0 saturated carbocycles. The highest BCUT2D eigenvalue weighted by atomic mass is 16.6. The zero-order valence-electron chi connectivity index (χ0n) is 12.7. The van der Waals surface area contributed by atoms with Gasteiger partial charge in [0.15, 0.2) is 6.61 Å². The van der Waals surface area contributed by atoms with Gasteiger partial charge in [-0.05, 0) is 0 Å². The van der Waals surface area contributed by atoms with E-state index in [2.05, 4.69) is 10.5 Å². The van der Waals surface area contributed by atoms with Crippen molar-refractivity contribution in [1.29, 1.82) is 0 Å². The molecule has 2 rings (SSSR count). The van der Waals surface area contributed by atoms with Crippen LogP contribution >= 0.6 is 0 Å². The van der Waals surface area contributed by atoms with E-state index in [1.165, 1.54) is 0 Å². The molecule has 1 aromatic rings. The zero-order valence-corrected chi connectivity index (χ0v) is 12.7. The third-order valence-corrected chi connectivity index (χ3v) is 2.73. The van der Waals surface area contributed by atoms with Gasteiger partial charge in [0.25, 0.3) is 5.91 Å². The van der Waals surface area contributed by atoms with Crippen LogP contribution in [0.15, 0.2) is 22.6 Å². The molecule has 0 spiro atoms. The van der Waals surface area contributed by atoms with E-state index >= 15 is 0 Å². The normalized spacial score (nSPS) is 14.4. The first-order valence-corrected chi connectivity index (χ1v) is 6.75. The number of nitrogens with one attached hydrogen (secondary N) is 1. The summed E-state index contributed by atoms with van der Waals surface area (Å²) in [6, 6.07) is 1.63. The van der Waals surface area contributed by atoms with E-state index in [-0.39, 0.29) is 23.7 Å². The summed E-state index contributed by atoms with van der Waals surface area (Å²) < 4.78 is 19.8. The lowest BCUT2D eigenvalue weighted by Gasteiger charge is -2.14. The minimum absolute atomic E-state index is 0.0614. The lowest BCUT2D eigenvalue weighted by atomic mass is 9.92. The smallest absolute Gasteiger partial charge is 0.377 e. The highest BCUT2D eigenvalue weighted by Gasteiger charge is 2.21. The third kappa shape index (κ3) is 4.24. The molecule has 1 aliphatic heterocycles. The number of anilines is 1. The van der Waals surface area contributed by atoms with Crippen LogP contribution in [0.1, 0.15) is 26.5 Å². The summed E-state index contributed by atoms with van der Waals surface area (Å²) in [6.45, 7) is 6.08. The molecule has 1 aliphatic rings. The molecule has 1 N–H and O–H groups in total. The van der Waals surface area contributed by atoms with Gasteiger partial charge in [-0.3, -0.25) is 10.1 Å². The Morgan fingerprint density at radius 3 is 2.73 bits per heavy atom. The fraction of sp³-hybridized carbons (Fsp3) is 0.500. The van der Waals surface area contributed by atoms with E-state index < -0.39 is 18.5 Å². The molecule has 22 heavy (non-hydrogen) atoms. The number of carbonyl (C=O) groups is 2. The second-order valence-electron chi connectivity index (χ2n) is 5.65. The van der Waals surface area contributed by atoms with E-state index in [4.69, 9.17) is 18.7 Å². The number of hydrogen-bond donors (Lipinski definition) is 1. The van der Waals surface area contributed by atoms with Crippen molar-refractivity contribution < 1.29 is 28.3 Å². The number of esters is 1. The Morgan fingerprint density at radius 1 is 1.36 bits per heavy atom. The lowest BCUT2D eigenvalue weighted by molar-refractivity contribution is -0.148. The molecular formula is C14H18N2O6. The molecule has 0 atom stereocenters. The fourth-order valence-electron chi connectivity index (χ4n) is 1.54. The van der Waals surface area contributed by atoms with Crippen LogP contribution in [0.3, 0.4) is 0 Å². The van der Waals surface area contributed by atoms with Crippen molar-refractivity contribution in [2.45, 2.75) is 26.2 Å². The lowest BCUT2D eigenvalue weighted by Crippen LogP contribution is -2.23. The average Bonchev–Trinajstić information content (AvgIpc) is 2.94. The maximum atomic E-state index is 11.7. The Balaban J connectivity index is 1.82. The molecule has 0 aliphatic carbocycles. The summed E-state index contributed by atoms with van der Waals surface area (Å²) in [6.07, 6.45) is 1.16. The predicted octanol–water partition coefficient (Wildman–Crippen LogP) is 1.34. The predicted molar refractivity (Wildman–Crippen MR) is 74.8 cm³/mol. The van der Waals surface area contributed by atoms with Gasteiger partial charge in [0.1, 0.15) is 19.5 Å². The van der Waals surface area contributed by atoms with Crippen LogP contribution in [-0.2, 0) is 29.2 Å². The Hall–Kier alpha value is -2.51. The van der Waals surface area contributed by atoms with Gasteiger partial charge in [-0.2, -0.15) is 0 Å². The highest BCUT2D eigenvalue weighted by molar-refractivity contribution is 5.93. The van der Waals surface area contributed by atoms with E-state index in [1.54, 1.807) is 6.07 Å². The summed E-state index contributed by atoms with van der Waals surface area (Å²) in [4.78, 5) is 23.3. The molecular weight excluding hydrogens is 292 g/mol. The molecule has 8 heteroatoms. The first kappa shape index (κ1) is 15.9. The average molecular weight is 310 g/mol. The van der Waals surface area contributed by atoms with Crippen LogP contribution in [0.4, 0.5) is 5.88 Å². The number of rotatable bonds is 4. The number of ether oxygens (including phenoxy) is 3. The SMILES string of the molecule is CC(C)(C)c1cc(NC(=O)COC(=O)C2=COCCO2)on1. The summed E-state index contributed by atoms with van der Waals surface area (Å²) in [5, 5.41) is 6.32. The first-order chi connectivity index (χ1) is 10.4. The zero-order chi connectivity index (χ0) is 16.2. The van der Waals surface area contributed by atoms with Crippen LogP contribution < -0.4 is 5.32 Å². The number of amides is 1. The van der Waals surface area contributed by atoms with E-state index in [0.29, 0.717) is 12.3 Å². The van der Waals surface area contributed by atoms with E-state index in [1.807, 2.05) is 20.8 Å². The molecule has 120 valence electrons. The maximum Gasteiger partial charge on any atom is 0.377 e. The van der Waals surface area contributed by atoms with Crippen molar-refractivity contribution in [2.75, 3.05) is 25.1 Å². The monoisotopic (exact) mass is 310 g/mol. The summed E-state index contributed by atoms with van der Waals surface area (Å²) in [7, 11) is 0. The summed E-state index contributed by atoms with van der Waals surface area (Å²) >= 11 is 0. The standard InChI is InChI=1S/C14H18N2O6/c1-14(2,3)10-6-12(22-16-10)15-11(17)8-21-13(18)9-7-19-4-5-20-9/h6-7H,4-5,8H2,1-3H3,(H,15,17). The Kier molecular flexibility index (Phi) is 4.69. The summed E-state index contributed by atoms with van der Waals surface area (Å²) in [5.41, 5.74) is 0.515. The first-order valence-electron chi connectivity index (χ1n) is 6.75. The van der Waals surface area contributed by atoms with Crippen molar-refractivity contribution in [3.8, 4) is 0 Å². The molecule has 0 saturated heterocycles. The van der Waals surface area contributed by atoms with Crippen LogP contribution in [-0.4, -0.2) is 36.9 Å². The molecule has 0 unspecified atom stereocenters. The second kappa shape index (κ2) is 6.50. The largest absolute Gasteiger partial charge is 0.493 e. The number of nitrogens with zero attached hydrogens (tertiary/aromatic N) is 1. The Morgan fingerprint density at radius 2 is 2.14 bits per heavy atom. The number of carbonyl (C=O) groups excluding carboxylic acids is 2. The van der Waals surface area contributed by atoms with Crippen molar-refractivity contribution >= 4 is 17.8 Å². The third-order valence-electron chi connectivity index (χ3n) is 2.73. The fourth-order valence-corrected chi connectivity index (χ4v) is 1.54. The number of aromatic nitrogens is 1. The molecule has 2 heterocycles. The minimum atomic E-state index is -0.761. The topological polar surface area (TPSA) is 99.9 Å². The van der Waals surface area contributed by atoms with Crippen LogP contribution in [0, 0.1) is 0 Å². The van der Waals surface area contributed by atoms with Gasteiger partial charge >= 0.3 is 5.97 Å². The van der Waals surface area contributed by atoms with E-state index in [0.717, 1.165) is 6.26 Å². The van der Waals surface area contributed by atoms with Crippen molar-refractivity contribution in [3.05, 3.63) is 23.8 Å². The van der Waals surface area contributed by atoms with Crippen LogP contribution in [0.2, 0.25) is 0 Å². The van der Waals surface area contributed by atoms with Gasteiger partial charge in [-0.25, -0.2) is 4.79 Å². The highest BCUT2D eigenvalue weighted by Crippen LogP contribution is 2.23. The van der Waals surface area contributed by atoms with Crippen LogP contribution in [0.5, 0.6) is 0 Å². The summed E-state index contributed by atoms with van der Waals surface area (Å²) in [5.74, 6) is -1.17. The molecule has 1 aromatic heterocycles. The van der Waals surface area contributed by atoms with E-state index in [9.17, 15) is 9.59 Å². The molecule has 0 radical (unpaired) electrons. The van der Waals surface area contributed by atoms with Crippen LogP contribution in [0.25, 0.3) is 0 Å². The van der Waals surface area contributed by atoms with Gasteiger partial charge < -0.3 is 18.7 Å². The quantitative estimate of drug-likeness (QED) is 0.838. The molecule has 0 fully saturated rings. The molecule has 8 nitrogen and oxygen atoms in total. The van der Waals surface area contributed by atoms with Gasteiger partial charge in [-0.1, -0.05) is 25.9 Å².